The molecule has 0 bridgehead atoms. The number of methoxy groups -OCH3 is 1. The normalized spacial score (nSPS) is 43.5. The molecule has 70 nitrogen and oxygen atoms in total. The molecule has 10 saturated heterocycles. The van der Waals surface area contributed by atoms with Gasteiger partial charge in [-0.3, -0.25) is 18.7 Å². The molecule has 11 aliphatic rings. The predicted molar refractivity (Wildman–Crippen MR) is 445 cm³/mol. The zero-order valence-electron chi connectivity index (χ0n) is 76.0. The predicted octanol–water partition coefficient (Wildman–Crippen LogP) is -29.8. The number of aliphatic hydroxyl groups excluding tert-OH is 43. The third kappa shape index (κ3) is 44.0. The first kappa shape index (κ1) is 138. The van der Waals surface area contributed by atoms with E-state index in [1.165, 1.54) is 37.8 Å². The highest BCUT2D eigenvalue weighted by atomic mass is 32.3. The molecule has 856 valence electrons. The van der Waals surface area contributed by atoms with E-state index in [9.17, 15) is 118 Å². The van der Waals surface area contributed by atoms with Crippen molar-refractivity contribution in [1.82, 2.24) is 10.0 Å². The average Bonchev–Trinajstić information content (AvgIpc) is 0.876. The van der Waals surface area contributed by atoms with Crippen LogP contribution in [0.2, 0.25) is 0 Å². The quantitative estimate of drug-likeness (QED) is 0.0324. The number of carboxylic acids is 1. The van der Waals surface area contributed by atoms with Crippen LogP contribution in [0.3, 0.4) is 0 Å². The van der Waals surface area contributed by atoms with Gasteiger partial charge < -0.3 is 297 Å². The molecular formula is C72H139N3O67S2. The molecule has 0 unspecified atom stereocenters. The highest BCUT2D eigenvalue weighted by Crippen LogP contribution is 2.29. The van der Waals surface area contributed by atoms with Crippen LogP contribution in [0, 0.1) is 0 Å². The third-order valence-electron chi connectivity index (χ3n) is 21.3. The van der Waals surface area contributed by atoms with Gasteiger partial charge in [-0.05, 0) is 12.5 Å². The monoisotopic (exact) mass is 2180 g/mol. The van der Waals surface area contributed by atoms with Gasteiger partial charge in [0.1, 0.15) is 233 Å². The summed E-state index contributed by atoms with van der Waals surface area (Å²) in [6.07, 6.45) is -62.1. The van der Waals surface area contributed by atoms with E-state index in [1.54, 1.807) is 0 Å². The van der Waals surface area contributed by atoms with Crippen LogP contribution in [0.15, 0.2) is 12.2 Å². The Labute approximate surface area is 814 Å². The smallest absolute Gasteiger partial charge is 0.397 e. The summed E-state index contributed by atoms with van der Waals surface area (Å²) in [6, 6.07) is 0. The Hall–Kier alpha value is -4.35. The molecule has 11 heterocycles. The van der Waals surface area contributed by atoms with Gasteiger partial charge in [0.15, 0.2) is 68.7 Å². The third-order valence-corrected chi connectivity index (χ3v) is 22.3. The summed E-state index contributed by atoms with van der Waals surface area (Å²) in [5.74, 6) is -2.47. The second kappa shape index (κ2) is 66.6. The number of aliphatic hydroxyl groups is 43. The lowest BCUT2D eigenvalue weighted by molar-refractivity contribution is -0.287. The van der Waals surface area contributed by atoms with Crippen LogP contribution in [0.1, 0.15) is 33.1 Å². The molecule has 0 aliphatic carbocycles. The van der Waals surface area contributed by atoms with Gasteiger partial charge in [0.2, 0.25) is 5.91 Å². The molecule has 50 N–H and O–H groups in total. The number of carboxylic acid groups (broad SMARTS) is 1. The zero-order chi connectivity index (χ0) is 111. The largest absolute Gasteiger partial charge is 0.479 e. The first-order valence-corrected chi connectivity index (χ1v) is 45.4. The summed E-state index contributed by atoms with van der Waals surface area (Å²) in [5, 5.41) is 400. The van der Waals surface area contributed by atoms with Gasteiger partial charge in [0, 0.05) is 33.8 Å². The van der Waals surface area contributed by atoms with Crippen LogP contribution in [0.5, 0.6) is 0 Å². The van der Waals surface area contributed by atoms with Crippen LogP contribution >= 0.6 is 0 Å². The molecule has 0 spiro atoms. The van der Waals surface area contributed by atoms with Crippen molar-refractivity contribution in [2.75, 3.05) is 79.8 Å². The van der Waals surface area contributed by atoms with Crippen molar-refractivity contribution in [2.24, 2.45) is 5.73 Å². The number of nitrogens with one attached hydrogen (secondary N) is 2. The van der Waals surface area contributed by atoms with Crippen molar-refractivity contribution >= 4 is 38.5 Å². The molecule has 0 aromatic heterocycles. The maximum Gasteiger partial charge on any atom is 0.397 e. The van der Waals surface area contributed by atoms with Gasteiger partial charge in [-0.15, -0.1) is 0 Å². The standard InChI is InChI=1S/C8H15NO6.C8H14O7.C7H12O7.C7H14O6.C6H13NO8S.C6H13NO5.C6H12O9S.C6H12O6.C6H12O5.C6H12O4.C6H10O4/c1-3(11)9-8-7(14)6(13)5(12)4(2-10)15-8;1-3(9)14-2-4-5(10)6(11)7(12)8(13)15-4;8-1-2-3(9)4(10)5(11)6(14-2)7(12)13;1-12-2-3-4(8)5(9)6(10)7(11)13-3;8-1-2-3(9)4(10)5(11)6(15-2)7-16(12,13)14;7-6-5(11)4(10)3(9)2(1-8)12-6;7-1-2-3(8)4(9)5(6(10)14-2)15-16(11,12)13;7-1-2-3(8)4(9)5(10)6(11)12-2;7-2-5-3(8)1-4(9)6(10)11-5;2*7-3-5-4(8)1-2-6(9)10-5/h4-8,10,12-14H,2H2,1H3,(H,9,11);4-8,10-13H,2H2,1H3;2-6,8-11H,1H2,(H,12,13);3-11H,2H2,1H3;2-11H,1H2,(H,12,13,14);2-6,8-11H,1,7H2;2-10H,1H2,(H,11,12,13);2-11H,1H2;3-10H,1-2H2;4-9H,1-3H2;1-2,4-9H,3H2/t2*4-,5-,6+,7-,8-;2-,3-,4+,5-,6-;3-,4-,5+,6-,7-;4*2-,3-,4+,5-,6-;3-,4+,5+,6+;2*4-,5+,6+/m11111111000/s1. The van der Waals surface area contributed by atoms with E-state index in [0.717, 1.165) is 0 Å². The molecule has 0 radical (unpaired) electrons. The van der Waals surface area contributed by atoms with E-state index in [1.807, 2.05) is 0 Å². The first-order valence-electron chi connectivity index (χ1n) is 42.5. The van der Waals surface area contributed by atoms with Crippen LogP contribution in [-0.4, -0.2) is 655 Å². The minimum absolute atomic E-state index is 0.0341. The summed E-state index contributed by atoms with van der Waals surface area (Å²) in [7, 11) is -8.15. The van der Waals surface area contributed by atoms with Gasteiger partial charge in [0.25, 0.3) is 0 Å². The summed E-state index contributed by atoms with van der Waals surface area (Å²) in [5.41, 5.74) is 5.24. The Bertz CT molecular complexity index is 3720. The molecule has 11 rings (SSSR count). The van der Waals surface area contributed by atoms with Gasteiger partial charge in [0.05, 0.1) is 78.3 Å². The Morgan fingerprint density at radius 2 is 0.681 bits per heavy atom. The van der Waals surface area contributed by atoms with E-state index >= 15 is 0 Å². The molecule has 0 aromatic rings. The highest BCUT2D eigenvalue weighted by Gasteiger charge is 2.52. The fourth-order valence-electron chi connectivity index (χ4n) is 13.0. The fourth-order valence-corrected chi connectivity index (χ4v) is 13.9. The fraction of sp³-hybridized carbons (Fsp3) is 0.931. The van der Waals surface area contributed by atoms with Crippen LogP contribution in [0.4, 0.5) is 0 Å². The van der Waals surface area contributed by atoms with Crippen molar-refractivity contribution in [3.05, 3.63) is 12.2 Å². The molecule has 10 fully saturated rings. The zero-order valence-corrected chi connectivity index (χ0v) is 77.6. The van der Waals surface area contributed by atoms with E-state index in [-0.39, 0.29) is 39.5 Å². The summed E-state index contributed by atoms with van der Waals surface area (Å²) >= 11 is 0. The molecule has 11 aliphatic heterocycles. The lowest BCUT2D eigenvalue weighted by Gasteiger charge is -2.39. The maximum atomic E-state index is 10.7. The van der Waals surface area contributed by atoms with Crippen molar-refractivity contribution < 1.29 is 331 Å². The molecule has 0 saturated carbocycles. The number of nitrogens with two attached hydrogens (primary N) is 1. The Morgan fingerprint density at radius 1 is 0.340 bits per heavy atom. The van der Waals surface area contributed by atoms with E-state index < -0.39 is 385 Å². The summed E-state index contributed by atoms with van der Waals surface area (Å²) in [6.45, 7) is -2.22. The van der Waals surface area contributed by atoms with Crippen LogP contribution in [-0.2, 0) is 101 Å². The Balaban J connectivity index is 0.000000794. The van der Waals surface area contributed by atoms with Crippen LogP contribution in [0.25, 0.3) is 0 Å². The molecule has 0 aromatic carbocycles. The lowest BCUT2D eigenvalue weighted by Crippen LogP contribution is -2.63. The number of hydrogen-bond donors (Lipinski definition) is 49. The molecule has 1 amide bonds. The van der Waals surface area contributed by atoms with E-state index in [4.69, 9.17) is 191 Å². The van der Waals surface area contributed by atoms with E-state index in [2.05, 4.69) is 33.2 Å². The number of carbonyl (C=O) groups excluding carboxylic acids is 2. The van der Waals surface area contributed by atoms with E-state index in [0.29, 0.717) is 12.8 Å². The number of ether oxygens (including phenoxy) is 13. The van der Waals surface area contributed by atoms with Crippen molar-refractivity contribution in [3.8, 4) is 0 Å². The second-order valence-electron chi connectivity index (χ2n) is 32.1. The van der Waals surface area contributed by atoms with Gasteiger partial charge in [-0.25, -0.2) is 8.98 Å². The van der Waals surface area contributed by atoms with Gasteiger partial charge in [-0.1, -0.05) is 6.08 Å². The highest BCUT2D eigenvalue weighted by molar-refractivity contribution is 7.83. The number of esters is 1. The number of rotatable bonds is 19. The van der Waals surface area contributed by atoms with Crippen molar-refractivity contribution in [3.63, 3.8) is 0 Å². The van der Waals surface area contributed by atoms with Crippen molar-refractivity contribution in [2.45, 2.75) is 340 Å². The van der Waals surface area contributed by atoms with Gasteiger partial charge in [-0.2, -0.15) is 21.6 Å². The molecule has 50 atom stereocenters. The molecule has 144 heavy (non-hydrogen) atoms. The number of aliphatic carboxylic acids is 1. The second-order valence-corrected chi connectivity index (χ2v) is 34.4. The lowest BCUT2D eigenvalue weighted by atomic mass is 9.95. The van der Waals surface area contributed by atoms with Gasteiger partial charge >= 0.3 is 32.6 Å². The maximum absolute atomic E-state index is 10.7. The SMILES string of the molecule is CC(=O)N[C@@H]1O[C@H](CO)[C@@H](O)[C@H](O)[C@H]1O.CC(=O)OC[C@H]1O[C@@H](O)[C@H](O)[C@@H](O)[C@@H]1O.COC[C@H]1O[C@@H](O)[C@H](O)[C@@H](O)[C@@H]1O.N[C@@H]1O[C@H](CO)[C@@H](O)[C@H](O)[C@H]1O.O=C(O)[C@@H]1O[C@H](CO)[C@@H](O)[C@H](O)[C@H]1O.O=S(=O)(O)N[C@@H]1O[C@H](CO)[C@@H](O)[C@H](O)[C@H]1O.O=S(=O)(O)O[C@@H]1[C@@H](O)[C@H](O)[C@@H](CO)O[C@H]1O.OC[C@H]1O[C@@H](O)C=C[C@@H]1O.OC[C@H]1O[C@@H](O)CC[C@@H]1O.OC[C@H]1O[C@@H](O)[C@H](O)C[C@@H]1O.OC[C@H]1O[C@@H](O)[C@H](O)[C@@H](O)[C@@H]1O. The minimum Gasteiger partial charge on any atom is -0.479 e. The minimum atomic E-state index is -4.91. The number of amides is 1. The molecular weight excluding hydrogens is 2040 g/mol. The molecule has 72 heteroatoms. The average molecular weight is 2180 g/mol. The summed E-state index contributed by atoms with van der Waals surface area (Å²) in [4.78, 5) is 31.7. The van der Waals surface area contributed by atoms with Crippen molar-refractivity contribution in [1.29, 1.82) is 0 Å². The topological polar surface area (TPSA) is 1230 Å². The Morgan fingerprint density at radius 3 is 1.06 bits per heavy atom. The number of hydrogen-bond acceptors (Lipinski definition) is 65. The number of carbonyl (C=O) groups is 3. The van der Waals surface area contributed by atoms with Crippen LogP contribution < -0.4 is 15.8 Å². The Kier molecular flexibility index (Phi) is 63.6. The summed E-state index contributed by atoms with van der Waals surface area (Å²) < 4.78 is 125. The first-order chi connectivity index (χ1) is 66.7.